The Morgan fingerprint density at radius 1 is 0.821 bits per heavy atom. The molecule has 3 aromatic carbocycles. The van der Waals surface area contributed by atoms with Gasteiger partial charge >= 0.3 is 0 Å². The Labute approximate surface area is 228 Å². The second-order valence-electron chi connectivity index (χ2n) is 9.88. The molecule has 1 aliphatic rings. The highest BCUT2D eigenvalue weighted by Gasteiger charge is 2.17. The number of aromatic nitrogens is 4. The molecule has 6 rings (SSSR count). The van der Waals surface area contributed by atoms with Gasteiger partial charge in [-0.25, -0.2) is 15.0 Å². The van der Waals surface area contributed by atoms with Crippen LogP contribution in [-0.4, -0.2) is 71.3 Å². The zero-order chi connectivity index (χ0) is 26.6. The normalized spacial score (nSPS) is 14.1. The molecule has 0 atom stereocenters. The van der Waals surface area contributed by atoms with Crippen molar-refractivity contribution in [1.82, 2.24) is 24.4 Å². The van der Waals surface area contributed by atoms with Crippen molar-refractivity contribution in [3.05, 3.63) is 90.8 Å². The van der Waals surface area contributed by atoms with Crippen LogP contribution in [0.5, 0.6) is 5.75 Å². The number of fused-ring (bicyclic) bond motifs is 1. The number of anilines is 2. The van der Waals surface area contributed by atoms with Crippen LogP contribution in [0.4, 0.5) is 11.5 Å². The van der Waals surface area contributed by atoms with Crippen LogP contribution in [0.2, 0.25) is 0 Å². The van der Waals surface area contributed by atoms with Crippen molar-refractivity contribution in [2.45, 2.75) is 6.42 Å². The minimum absolute atomic E-state index is 0.678. The molecule has 198 valence electrons. The summed E-state index contributed by atoms with van der Waals surface area (Å²) >= 11 is 0. The summed E-state index contributed by atoms with van der Waals surface area (Å²) in [7, 11) is 3.86. The Morgan fingerprint density at radius 3 is 2.28 bits per heavy atom. The quantitative estimate of drug-likeness (QED) is 0.313. The van der Waals surface area contributed by atoms with Crippen molar-refractivity contribution in [1.29, 1.82) is 0 Å². The van der Waals surface area contributed by atoms with Crippen molar-refractivity contribution < 1.29 is 4.74 Å². The van der Waals surface area contributed by atoms with Gasteiger partial charge in [-0.3, -0.25) is 4.57 Å². The van der Waals surface area contributed by atoms with Gasteiger partial charge in [0.25, 0.3) is 0 Å². The summed E-state index contributed by atoms with van der Waals surface area (Å²) in [5.41, 5.74) is 5.99. The van der Waals surface area contributed by atoms with E-state index in [0.717, 1.165) is 73.1 Å². The third-order valence-electron chi connectivity index (χ3n) is 7.29. The molecular weight excluding hydrogens is 486 g/mol. The zero-order valence-corrected chi connectivity index (χ0v) is 22.4. The molecule has 0 aliphatic carbocycles. The number of methoxy groups -OCH3 is 1. The Hall–Kier alpha value is -4.43. The second kappa shape index (κ2) is 11.1. The third kappa shape index (κ3) is 5.42. The van der Waals surface area contributed by atoms with Crippen LogP contribution in [0, 0.1) is 0 Å². The maximum Gasteiger partial charge on any atom is 0.170 e. The lowest BCUT2D eigenvalue weighted by molar-refractivity contribution is 0.313. The average Bonchev–Trinajstić information content (AvgIpc) is 3.43. The molecule has 0 amide bonds. The van der Waals surface area contributed by atoms with Gasteiger partial charge in [0.2, 0.25) is 0 Å². The number of benzene rings is 3. The highest BCUT2D eigenvalue weighted by molar-refractivity contribution is 5.86. The lowest BCUT2D eigenvalue weighted by Gasteiger charge is -2.34. The third-order valence-corrected chi connectivity index (χ3v) is 7.29. The Bertz CT molecular complexity index is 1520. The fourth-order valence-corrected chi connectivity index (χ4v) is 4.93. The predicted octanol–water partition coefficient (Wildman–Crippen LogP) is 4.90. The van der Waals surface area contributed by atoms with Crippen molar-refractivity contribution in [2.24, 2.45) is 0 Å². The van der Waals surface area contributed by atoms with E-state index in [0.29, 0.717) is 5.82 Å². The maximum absolute atomic E-state index is 5.28. The molecular formula is C31H33N7O. The molecule has 0 bridgehead atoms. The number of para-hydroxylation sites is 1. The van der Waals surface area contributed by atoms with Gasteiger partial charge in [0.1, 0.15) is 12.1 Å². The highest BCUT2D eigenvalue weighted by Crippen LogP contribution is 2.28. The molecule has 0 unspecified atom stereocenters. The number of rotatable bonds is 8. The van der Waals surface area contributed by atoms with Crippen molar-refractivity contribution in [3.63, 3.8) is 0 Å². The first-order chi connectivity index (χ1) is 19.2. The molecule has 8 heteroatoms. The van der Waals surface area contributed by atoms with E-state index >= 15 is 0 Å². The number of nitrogens with one attached hydrogen (secondary N) is 1. The molecule has 0 spiro atoms. The van der Waals surface area contributed by atoms with E-state index in [1.807, 2.05) is 41.2 Å². The lowest BCUT2D eigenvalue weighted by Crippen LogP contribution is -2.44. The van der Waals surface area contributed by atoms with Gasteiger partial charge < -0.3 is 19.9 Å². The number of imidazole rings is 1. The largest absolute Gasteiger partial charge is 0.497 e. The van der Waals surface area contributed by atoms with Gasteiger partial charge in [-0.05, 0) is 67.6 Å². The van der Waals surface area contributed by atoms with Crippen LogP contribution in [0.15, 0.2) is 85.2 Å². The van der Waals surface area contributed by atoms with Gasteiger partial charge in [0.05, 0.1) is 7.11 Å². The number of hydrogen-bond acceptors (Lipinski definition) is 7. The van der Waals surface area contributed by atoms with Crippen molar-refractivity contribution >= 4 is 22.7 Å². The fourth-order valence-electron chi connectivity index (χ4n) is 4.93. The van der Waals surface area contributed by atoms with Crippen LogP contribution >= 0.6 is 0 Å². The van der Waals surface area contributed by atoms with E-state index in [1.54, 1.807) is 7.11 Å². The van der Waals surface area contributed by atoms with E-state index in [2.05, 4.69) is 70.7 Å². The summed E-state index contributed by atoms with van der Waals surface area (Å²) in [5.74, 6) is 2.28. The Balaban J connectivity index is 1.31. The fraction of sp³-hybridized carbons (Fsp3) is 0.258. The maximum atomic E-state index is 5.28. The van der Waals surface area contributed by atoms with Gasteiger partial charge in [-0.2, -0.15) is 0 Å². The lowest BCUT2D eigenvalue weighted by atomic mass is 10.1. The van der Waals surface area contributed by atoms with Crippen molar-refractivity contribution in [3.8, 4) is 22.8 Å². The van der Waals surface area contributed by atoms with Gasteiger partial charge in [0, 0.05) is 49.7 Å². The van der Waals surface area contributed by atoms with Gasteiger partial charge in [-0.1, -0.05) is 30.3 Å². The standard InChI is InChI=1S/C31H33N7O/c1-36-18-20-37(21-19-36)25-12-10-24(11-13-25)29-34-30(32-17-16-23-8-14-27(39-2)15-9-23)28-31(35-29)38(22-33-28)26-6-4-3-5-7-26/h3-15,22H,16-21H2,1-2H3,(H,32,34,35). The van der Waals surface area contributed by atoms with Gasteiger partial charge in [-0.15, -0.1) is 0 Å². The number of ether oxygens (including phenoxy) is 1. The molecule has 5 aromatic rings. The number of nitrogens with zero attached hydrogens (tertiary/aromatic N) is 6. The average molecular weight is 520 g/mol. The summed E-state index contributed by atoms with van der Waals surface area (Å²) in [6.45, 7) is 4.96. The monoisotopic (exact) mass is 519 g/mol. The second-order valence-corrected chi connectivity index (χ2v) is 9.88. The molecule has 39 heavy (non-hydrogen) atoms. The molecule has 0 saturated carbocycles. The minimum Gasteiger partial charge on any atom is -0.497 e. The highest BCUT2D eigenvalue weighted by atomic mass is 16.5. The molecule has 1 fully saturated rings. The minimum atomic E-state index is 0.678. The van der Waals surface area contributed by atoms with Gasteiger partial charge in [0.15, 0.2) is 22.8 Å². The number of likely N-dealkylation sites (N-methyl/N-ethyl adjacent to an activating group) is 1. The molecule has 1 aliphatic heterocycles. The van der Waals surface area contributed by atoms with Crippen LogP contribution < -0.4 is 15.0 Å². The van der Waals surface area contributed by atoms with E-state index in [-0.39, 0.29) is 0 Å². The number of piperazine rings is 1. The topological polar surface area (TPSA) is 71.3 Å². The van der Waals surface area contributed by atoms with Crippen molar-refractivity contribution in [2.75, 3.05) is 57.1 Å². The molecule has 0 radical (unpaired) electrons. The van der Waals surface area contributed by atoms with E-state index in [4.69, 9.17) is 19.7 Å². The Morgan fingerprint density at radius 2 is 1.56 bits per heavy atom. The number of hydrogen-bond donors (Lipinski definition) is 1. The van der Waals surface area contributed by atoms with Crippen LogP contribution in [0.3, 0.4) is 0 Å². The van der Waals surface area contributed by atoms with E-state index in [9.17, 15) is 0 Å². The van der Waals surface area contributed by atoms with Crippen LogP contribution in [0.25, 0.3) is 28.2 Å². The Kier molecular flexibility index (Phi) is 7.10. The summed E-state index contributed by atoms with van der Waals surface area (Å²) < 4.78 is 7.31. The summed E-state index contributed by atoms with van der Waals surface area (Å²) in [4.78, 5) is 19.5. The first kappa shape index (κ1) is 24.9. The first-order valence-electron chi connectivity index (χ1n) is 13.4. The molecule has 8 nitrogen and oxygen atoms in total. The van der Waals surface area contributed by atoms with Crippen LogP contribution in [0.1, 0.15) is 5.56 Å². The summed E-state index contributed by atoms with van der Waals surface area (Å²) in [6.07, 6.45) is 2.67. The molecule has 1 saturated heterocycles. The smallest absolute Gasteiger partial charge is 0.170 e. The molecule has 2 aromatic heterocycles. The zero-order valence-electron chi connectivity index (χ0n) is 22.4. The van der Waals surface area contributed by atoms with Crippen LogP contribution in [-0.2, 0) is 6.42 Å². The SMILES string of the molecule is COc1ccc(CCNc2nc(-c3ccc(N4CCN(C)CC4)cc3)nc3c2ncn3-c2ccccc2)cc1. The summed E-state index contributed by atoms with van der Waals surface area (Å²) in [6, 6.07) is 26.9. The molecule has 1 N–H and O–H groups in total. The summed E-state index contributed by atoms with van der Waals surface area (Å²) in [5, 5.41) is 3.54. The first-order valence-corrected chi connectivity index (χ1v) is 13.4. The van der Waals surface area contributed by atoms with E-state index in [1.165, 1.54) is 11.3 Å². The molecule has 3 heterocycles. The predicted molar refractivity (Wildman–Crippen MR) is 157 cm³/mol. The van der Waals surface area contributed by atoms with E-state index < -0.39 is 0 Å².